The SMILES string of the molecule is O=c1c(Cc2ccccc2)c(-c2ccccc2)oc2c3c(c4c(c12)CCCC4)CCCC3. The molecule has 0 amide bonds. The minimum Gasteiger partial charge on any atom is -0.455 e. The fourth-order valence-electron chi connectivity index (χ4n) is 5.84. The Hall–Kier alpha value is -3.13. The fourth-order valence-corrected chi connectivity index (χ4v) is 5.84. The quantitative estimate of drug-likeness (QED) is 0.364. The summed E-state index contributed by atoms with van der Waals surface area (Å²) in [5, 5.41) is 0.881. The highest BCUT2D eigenvalue weighted by Crippen LogP contribution is 2.40. The fraction of sp³-hybridized carbons (Fsp3) is 0.300. The molecule has 0 aliphatic heterocycles. The van der Waals surface area contributed by atoms with E-state index in [1.165, 1.54) is 41.5 Å². The summed E-state index contributed by atoms with van der Waals surface area (Å²) in [7, 11) is 0. The molecule has 2 nitrogen and oxygen atoms in total. The highest BCUT2D eigenvalue weighted by molar-refractivity contribution is 5.89. The number of fused-ring (bicyclic) bond motifs is 6. The van der Waals surface area contributed by atoms with E-state index in [0.717, 1.165) is 65.5 Å². The Balaban J connectivity index is 1.70. The lowest BCUT2D eigenvalue weighted by Gasteiger charge is -2.27. The molecule has 0 spiro atoms. The van der Waals surface area contributed by atoms with Crippen molar-refractivity contribution in [2.24, 2.45) is 0 Å². The third-order valence-electron chi connectivity index (χ3n) is 7.34. The largest absolute Gasteiger partial charge is 0.455 e. The van der Waals surface area contributed by atoms with Gasteiger partial charge >= 0.3 is 0 Å². The molecule has 2 aliphatic rings. The summed E-state index contributed by atoms with van der Waals surface area (Å²) >= 11 is 0. The van der Waals surface area contributed by atoms with Gasteiger partial charge in [-0.05, 0) is 79.2 Å². The van der Waals surface area contributed by atoms with E-state index in [4.69, 9.17) is 4.42 Å². The molecule has 32 heavy (non-hydrogen) atoms. The van der Waals surface area contributed by atoms with Crippen LogP contribution in [0.25, 0.3) is 22.3 Å². The molecule has 4 aromatic rings. The molecule has 2 aliphatic carbocycles. The molecular weight excluding hydrogens is 392 g/mol. The van der Waals surface area contributed by atoms with Crippen LogP contribution in [-0.4, -0.2) is 0 Å². The minimum atomic E-state index is 0.181. The highest BCUT2D eigenvalue weighted by Gasteiger charge is 2.28. The summed E-state index contributed by atoms with van der Waals surface area (Å²) in [6.45, 7) is 0. The second kappa shape index (κ2) is 8.09. The molecule has 6 rings (SSSR count). The Morgan fingerprint density at radius 1 is 0.656 bits per heavy atom. The molecule has 0 N–H and O–H groups in total. The van der Waals surface area contributed by atoms with Gasteiger partial charge in [0.05, 0.1) is 5.39 Å². The van der Waals surface area contributed by atoms with Crippen LogP contribution in [0.4, 0.5) is 0 Å². The number of rotatable bonds is 3. The van der Waals surface area contributed by atoms with Gasteiger partial charge in [-0.25, -0.2) is 0 Å². The number of hydrogen-bond donors (Lipinski definition) is 0. The van der Waals surface area contributed by atoms with Crippen molar-refractivity contribution >= 4 is 11.0 Å². The van der Waals surface area contributed by atoms with Crippen molar-refractivity contribution in [1.29, 1.82) is 0 Å². The predicted molar refractivity (Wildman–Crippen MR) is 130 cm³/mol. The lowest BCUT2D eigenvalue weighted by atomic mass is 9.78. The third-order valence-corrected chi connectivity index (χ3v) is 7.34. The zero-order valence-electron chi connectivity index (χ0n) is 18.5. The first kappa shape index (κ1) is 19.5. The third kappa shape index (κ3) is 3.21. The summed E-state index contributed by atoms with van der Waals surface area (Å²) in [6.07, 6.45) is 9.67. The van der Waals surface area contributed by atoms with Crippen molar-refractivity contribution in [2.45, 2.75) is 57.8 Å². The van der Waals surface area contributed by atoms with Crippen molar-refractivity contribution in [3.8, 4) is 11.3 Å². The molecule has 160 valence electrons. The van der Waals surface area contributed by atoms with E-state index in [2.05, 4.69) is 24.3 Å². The molecule has 0 fully saturated rings. The Kier molecular flexibility index (Phi) is 4.94. The molecule has 1 aromatic heterocycles. The smallest absolute Gasteiger partial charge is 0.197 e. The zero-order valence-corrected chi connectivity index (χ0v) is 18.5. The van der Waals surface area contributed by atoms with Crippen LogP contribution in [0.3, 0.4) is 0 Å². The van der Waals surface area contributed by atoms with E-state index < -0.39 is 0 Å². The topological polar surface area (TPSA) is 30.2 Å². The van der Waals surface area contributed by atoms with Crippen LogP contribution in [0.5, 0.6) is 0 Å². The summed E-state index contributed by atoms with van der Waals surface area (Å²) in [6, 6.07) is 20.5. The molecule has 0 saturated carbocycles. The number of hydrogen-bond acceptors (Lipinski definition) is 2. The van der Waals surface area contributed by atoms with Crippen LogP contribution in [0.15, 0.2) is 69.9 Å². The van der Waals surface area contributed by atoms with Crippen LogP contribution in [0.2, 0.25) is 0 Å². The maximum absolute atomic E-state index is 14.2. The van der Waals surface area contributed by atoms with E-state index in [0.29, 0.717) is 6.42 Å². The van der Waals surface area contributed by atoms with Gasteiger partial charge in [0.15, 0.2) is 5.43 Å². The van der Waals surface area contributed by atoms with E-state index >= 15 is 0 Å². The van der Waals surface area contributed by atoms with Gasteiger partial charge in [-0.15, -0.1) is 0 Å². The van der Waals surface area contributed by atoms with E-state index in [-0.39, 0.29) is 5.43 Å². The Labute approximate surface area is 188 Å². The van der Waals surface area contributed by atoms with Crippen molar-refractivity contribution in [3.63, 3.8) is 0 Å². The van der Waals surface area contributed by atoms with Gasteiger partial charge in [-0.2, -0.15) is 0 Å². The van der Waals surface area contributed by atoms with Gasteiger partial charge in [0, 0.05) is 17.5 Å². The monoisotopic (exact) mass is 420 g/mol. The first-order valence-corrected chi connectivity index (χ1v) is 12.1. The van der Waals surface area contributed by atoms with E-state index in [1.54, 1.807) is 0 Å². The first-order chi connectivity index (χ1) is 15.8. The van der Waals surface area contributed by atoms with Gasteiger partial charge in [0.2, 0.25) is 0 Å². The predicted octanol–water partition coefficient (Wildman–Crippen LogP) is 6.81. The molecule has 0 atom stereocenters. The standard InChI is InChI=1S/C30H28O2/c31-28-26(19-20-11-3-1-4-12-20)29(21-13-5-2-6-14-21)32-30-25-18-10-8-16-23(25)22-15-7-9-17-24(22)27(28)30/h1-6,11-14H,7-10,15-19H2. The Morgan fingerprint density at radius 2 is 1.22 bits per heavy atom. The summed E-state index contributed by atoms with van der Waals surface area (Å²) in [5.74, 6) is 0.746. The summed E-state index contributed by atoms with van der Waals surface area (Å²) in [4.78, 5) is 14.2. The lowest BCUT2D eigenvalue weighted by molar-refractivity contribution is 0.586. The van der Waals surface area contributed by atoms with Gasteiger partial charge < -0.3 is 4.42 Å². The Morgan fingerprint density at radius 3 is 1.91 bits per heavy atom. The molecular formula is C30H28O2. The van der Waals surface area contributed by atoms with Crippen LogP contribution in [0, 0.1) is 0 Å². The van der Waals surface area contributed by atoms with Gasteiger partial charge in [0.25, 0.3) is 0 Å². The minimum absolute atomic E-state index is 0.181. The van der Waals surface area contributed by atoms with Crippen LogP contribution < -0.4 is 5.43 Å². The van der Waals surface area contributed by atoms with Crippen molar-refractivity contribution < 1.29 is 4.42 Å². The Bertz CT molecular complexity index is 1350. The molecule has 2 heteroatoms. The molecule has 3 aromatic carbocycles. The molecule has 0 saturated heterocycles. The van der Waals surface area contributed by atoms with E-state index in [1.807, 2.05) is 36.4 Å². The zero-order chi connectivity index (χ0) is 21.5. The summed E-state index contributed by atoms with van der Waals surface area (Å²) in [5.41, 5.74) is 9.55. The molecule has 0 bridgehead atoms. The van der Waals surface area contributed by atoms with Gasteiger partial charge in [-0.3, -0.25) is 4.79 Å². The average Bonchev–Trinajstić information content (AvgIpc) is 2.86. The maximum atomic E-state index is 14.2. The number of benzene rings is 3. The molecule has 1 heterocycles. The van der Waals surface area contributed by atoms with Gasteiger partial charge in [-0.1, -0.05) is 60.7 Å². The average molecular weight is 421 g/mol. The highest BCUT2D eigenvalue weighted by atomic mass is 16.3. The van der Waals surface area contributed by atoms with E-state index in [9.17, 15) is 4.79 Å². The lowest BCUT2D eigenvalue weighted by Crippen LogP contribution is -2.20. The second-order valence-corrected chi connectivity index (χ2v) is 9.30. The second-order valence-electron chi connectivity index (χ2n) is 9.30. The van der Waals surface area contributed by atoms with Crippen molar-refractivity contribution in [3.05, 3.63) is 104 Å². The summed E-state index contributed by atoms with van der Waals surface area (Å²) < 4.78 is 6.80. The van der Waals surface area contributed by atoms with Crippen LogP contribution in [0.1, 0.15) is 59.1 Å². The van der Waals surface area contributed by atoms with Crippen LogP contribution >= 0.6 is 0 Å². The molecule has 0 radical (unpaired) electrons. The van der Waals surface area contributed by atoms with Crippen molar-refractivity contribution in [2.75, 3.05) is 0 Å². The van der Waals surface area contributed by atoms with Crippen LogP contribution in [-0.2, 0) is 32.1 Å². The number of aryl methyl sites for hydroxylation is 2. The normalized spacial score (nSPS) is 15.4. The first-order valence-electron chi connectivity index (χ1n) is 12.1. The maximum Gasteiger partial charge on any atom is 0.197 e. The van der Waals surface area contributed by atoms with Gasteiger partial charge in [0.1, 0.15) is 11.3 Å². The molecule has 0 unspecified atom stereocenters. The van der Waals surface area contributed by atoms with Crippen molar-refractivity contribution in [1.82, 2.24) is 0 Å².